The predicted octanol–water partition coefficient (Wildman–Crippen LogP) is 5.03. The van der Waals surface area contributed by atoms with Gasteiger partial charge in [-0.1, -0.05) is 90.0 Å². The van der Waals surface area contributed by atoms with Gasteiger partial charge in [0.1, 0.15) is 0 Å². The number of fused-ring (bicyclic) bond motifs is 3. The molecule has 8 heteroatoms. The molecule has 3 atom stereocenters. The molecule has 3 aromatic carbocycles. The molecule has 36 heavy (non-hydrogen) atoms. The molecule has 2 fully saturated rings. The van der Waals surface area contributed by atoms with Crippen molar-refractivity contribution in [2.24, 2.45) is 11.8 Å². The molecule has 0 saturated carbocycles. The van der Waals surface area contributed by atoms with Crippen LogP contribution in [-0.2, 0) is 14.3 Å². The number of ether oxygens (including phenoxy) is 1. The number of rotatable bonds is 3. The smallest absolute Gasteiger partial charge is 0.241 e. The minimum Gasteiger partial charge on any atom is -0.350 e. The van der Waals surface area contributed by atoms with Crippen molar-refractivity contribution in [2.75, 3.05) is 4.90 Å². The van der Waals surface area contributed by atoms with Crippen LogP contribution in [0.1, 0.15) is 26.3 Å². The summed E-state index contributed by atoms with van der Waals surface area (Å²) in [6.07, 6.45) is 2.40. The molecule has 2 aliphatic heterocycles. The zero-order chi connectivity index (χ0) is 25.2. The van der Waals surface area contributed by atoms with Crippen LogP contribution >= 0.6 is 23.2 Å². The Labute approximate surface area is 216 Å². The van der Waals surface area contributed by atoms with E-state index in [0.717, 1.165) is 10.5 Å². The Kier molecular flexibility index (Phi) is 5.23. The first-order valence-electron chi connectivity index (χ1n) is 11.3. The number of hydrogen-bond donors (Lipinski definition) is 0. The number of amides is 2. The lowest BCUT2D eigenvalue weighted by Crippen LogP contribution is -2.51. The molecule has 0 radical (unpaired) electrons. The molecule has 6 nitrogen and oxygen atoms in total. The molecule has 2 heterocycles. The van der Waals surface area contributed by atoms with Crippen molar-refractivity contribution in [3.05, 3.63) is 106 Å². The zero-order valence-electron chi connectivity index (χ0n) is 18.6. The molecule has 3 aromatic rings. The molecule has 0 N–H and O–H groups in total. The van der Waals surface area contributed by atoms with Gasteiger partial charge in [-0.05, 0) is 23.8 Å². The van der Waals surface area contributed by atoms with Crippen molar-refractivity contribution < 1.29 is 23.9 Å². The molecule has 6 rings (SSSR count). The van der Waals surface area contributed by atoms with Gasteiger partial charge in [-0.25, -0.2) is 4.90 Å². The normalized spacial score (nSPS) is 24.3. The Morgan fingerprint density at radius 2 is 1.42 bits per heavy atom. The van der Waals surface area contributed by atoms with E-state index in [2.05, 4.69) is 0 Å². The number of hydrogen-bond acceptors (Lipinski definition) is 5. The second kappa shape index (κ2) is 8.23. The second-order valence-corrected chi connectivity index (χ2v) is 9.72. The number of ketones is 2. The second-order valence-electron chi connectivity index (χ2n) is 8.91. The summed E-state index contributed by atoms with van der Waals surface area (Å²) in [6.45, 7) is 0. The SMILES string of the molecule is O=C1[C@@H]2[C@@H](C(=O)N1c1ccc(Cl)c(Cl)c1)C1(O[C@@H]2/C=C/c2ccccc2)C(=O)c2ccccc2C1=O. The average Bonchev–Trinajstić information content (AvgIpc) is 3.45. The van der Waals surface area contributed by atoms with Crippen molar-refractivity contribution in [3.63, 3.8) is 0 Å². The number of imide groups is 1. The molecule has 0 bridgehead atoms. The van der Waals surface area contributed by atoms with Gasteiger partial charge in [-0.3, -0.25) is 19.2 Å². The van der Waals surface area contributed by atoms with Gasteiger partial charge in [0.15, 0.2) is 0 Å². The van der Waals surface area contributed by atoms with Crippen LogP contribution in [-0.4, -0.2) is 35.1 Å². The zero-order valence-corrected chi connectivity index (χ0v) is 20.1. The Hall–Kier alpha value is -3.58. The molecular weight excluding hydrogens is 501 g/mol. The molecule has 1 spiro atoms. The maximum absolute atomic E-state index is 13.8. The first kappa shape index (κ1) is 22.9. The fourth-order valence-electron chi connectivity index (χ4n) is 5.39. The highest BCUT2D eigenvalue weighted by molar-refractivity contribution is 6.42. The lowest BCUT2D eigenvalue weighted by Gasteiger charge is -2.26. The molecule has 0 unspecified atom stereocenters. The molecular formula is C28H17Cl2NO5. The van der Waals surface area contributed by atoms with Crippen LogP contribution in [0.25, 0.3) is 6.08 Å². The molecule has 2 amide bonds. The monoisotopic (exact) mass is 517 g/mol. The summed E-state index contributed by atoms with van der Waals surface area (Å²) >= 11 is 12.2. The van der Waals surface area contributed by atoms with Crippen molar-refractivity contribution in [3.8, 4) is 0 Å². The molecule has 2 saturated heterocycles. The van der Waals surface area contributed by atoms with Crippen molar-refractivity contribution in [1.82, 2.24) is 0 Å². The van der Waals surface area contributed by atoms with E-state index >= 15 is 0 Å². The Morgan fingerprint density at radius 1 is 0.778 bits per heavy atom. The number of carbonyl (C=O) groups excluding carboxylic acids is 4. The van der Waals surface area contributed by atoms with Gasteiger partial charge in [-0.15, -0.1) is 0 Å². The van der Waals surface area contributed by atoms with Gasteiger partial charge in [0.05, 0.1) is 33.7 Å². The Morgan fingerprint density at radius 3 is 2.06 bits per heavy atom. The highest BCUT2D eigenvalue weighted by Crippen LogP contribution is 2.53. The number of Topliss-reactive ketones (excluding diaryl/α,β-unsaturated/α-hetero) is 2. The number of halogens is 2. The van der Waals surface area contributed by atoms with Crippen LogP contribution in [0.5, 0.6) is 0 Å². The van der Waals surface area contributed by atoms with Crippen LogP contribution in [0, 0.1) is 11.8 Å². The maximum atomic E-state index is 13.8. The fraction of sp³-hybridized carbons (Fsp3) is 0.143. The maximum Gasteiger partial charge on any atom is 0.241 e. The minimum absolute atomic E-state index is 0.165. The molecule has 1 aliphatic carbocycles. The average molecular weight is 518 g/mol. The van der Waals surface area contributed by atoms with Gasteiger partial charge < -0.3 is 4.74 Å². The lowest BCUT2D eigenvalue weighted by atomic mass is 9.78. The van der Waals surface area contributed by atoms with E-state index in [1.165, 1.54) is 30.3 Å². The summed E-state index contributed by atoms with van der Waals surface area (Å²) in [5.41, 5.74) is -0.698. The number of carbonyl (C=O) groups is 4. The summed E-state index contributed by atoms with van der Waals surface area (Å²) in [6, 6.07) is 20.1. The molecule has 178 valence electrons. The van der Waals surface area contributed by atoms with E-state index in [9.17, 15) is 19.2 Å². The van der Waals surface area contributed by atoms with E-state index < -0.39 is 46.9 Å². The quantitative estimate of drug-likeness (QED) is 0.359. The summed E-state index contributed by atoms with van der Waals surface area (Å²) < 4.78 is 6.17. The van der Waals surface area contributed by atoms with Crippen LogP contribution < -0.4 is 4.90 Å². The van der Waals surface area contributed by atoms with Gasteiger partial charge in [0, 0.05) is 11.1 Å². The van der Waals surface area contributed by atoms with Crippen molar-refractivity contribution in [2.45, 2.75) is 11.7 Å². The van der Waals surface area contributed by atoms with E-state index in [0.29, 0.717) is 0 Å². The van der Waals surface area contributed by atoms with Crippen LogP contribution in [0.4, 0.5) is 5.69 Å². The first-order chi connectivity index (χ1) is 17.3. The topological polar surface area (TPSA) is 80.8 Å². The van der Waals surface area contributed by atoms with Crippen molar-refractivity contribution in [1.29, 1.82) is 0 Å². The third-order valence-corrected chi connectivity index (χ3v) is 7.73. The van der Waals surface area contributed by atoms with Gasteiger partial charge >= 0.3 is 0 Å². The summed E-state index contributed by atoms with van der Waals surface area (Å²) in [5, 5.41) is 0.429. The van der Waals surface area contributed by atoms with Gasteiger partial charge in [-0.2, -0.15) is 0 Å². The third-order valence-electron chi connectivity index (χ3n) is 7.00. The Bertz CT molecular complexity index is 1460. The Balaban J connectivity index is 1.49. The highest BCUT2D eigenvalue weighted by Gasteiger charge is 2.74. The number of benzene rings is 3. The summed E-state index contributed by atoms with van der Waals surface area (Å²) in [4.78, 5) is 55.9. The van der Waals surface area contributed by atoms with E-state index in [1.54, 1.807) is 24.3 Å². The van der Waals surface area contributed by atoms with Gasteiger partial charge in [0.2, 0.25) is 29.0 Å². The largest absolute Gasteiger partial charge is 0.350 e. The van der Waals surface area contributed by atoms with Crippen LogP contribution in [0.15, 0.2) is 78.9 Å². The lowest BCUT2D eigenvalue weighted by molar-refractivity contribution is -0.126. The van der Waals surface area contributed by atoms with Gasteiger partial charge in [0.25, 0.3) is 0 Å². The molecule has 0 aromatic heterocycles. The third kappa shape index (κ3) is 3.08. The number of nitrogens with zero attached hydrogens (tertiary/aromatic N) is 1. The predicted molar refractivity (Wildman–Crippen MR) is 134 cm³/mol. The summed E-state index contributed by atoms with van der Waals surface area (Å²) in [7, 11) is 0. The van der Waals surface area contributed by atoms with E-state index in [1.807, 2.05) is 30.3 Å². The number of anilines is 1. The van der Waals surface area contributed by atoms with Crippen LogP contribution in [0.2, 0.25) is 10.0 Å². The first-order valence-corrected chi connectivity index (χ1v) is 12.0. The van der Waals surface area contributed by atoms with Crippen molar-refractivity contribution >= 4 is 58.3 Å². The van der Waals surface area contributed by atoms with Crippen LogP contribution in [0.3, 0.4) is 0 Å². The molecule has 3 aliphatic rings. The minimum atomic E-state index is -2.11. The highest BCUT2D eigenvalue weighted by atomic mass is 35.5. The summed E-state index contributed by atoms with van der Waals surface area (Å²) in [5.74, 6) is -4.86. The van der Waals surface area contributed by atoms with E-state index in [4.69, 9.17) is 27.9 Å². The van der Waals surface area contributed by atoms with E-state index in [-0.39, 0.29) is 26.9 Å². The standard InChI is InChI=1S/C28H17Cl2NO5/c29-19-12-11-16(14-20(19)30)31-26(34)22-21(13-10-15-6-2-1-3-7-15)36-28(23(22)27(31)35)24(32)17-8-4-5-9-18(17)25(28)33/h1-14,21-23H/b13-10+/t21-,22+,23+/m1/s1. The fourth-order valence-corrected chi connectivity index (χ4v) is 5.68.